The van der Waals surface area contributed by atoms with E-state index in [0.29, 0.717) is 0 Å². The summed E-state index contributed by atoms with van der Waals surface area (Å²) in [6, 6.07) is 0. The van der Waals surface area contributed by atoms with Gasteiger partial charge in [0.2, 0.25) is 5.76 Å². The number of methoxy groups -OCH3 is 1. The molecule has 0 aromatic carbocycles. The lowest BCUT2D eigenvalue weighted by atomic mass is 10.3. The first-order chi connectivity index (χ1) is 5.57. The Morgan fingerprint density at radius 3 is 2.00 bits per heavy atom. The molecule has 4 heteroatoms. The molecule has 4 nitrogen and oxygen atoms in total. The van der Waals surface area contributed by atoms with E-state index >= 15 is 0 Å². The fraction of sp³-hybridized carbons (Fsp3) is 0.500. The summed E-state index contributed by atoms with van der Waals surface area (Å²) in [4.78, 5) is 20.6. The van der Waals surface area contributed by atoms with E-state index in [4.69, 9.17) is 5.11 Å². The summed E-state index contributed by atoms with van der Waals surface area (Å²) in [6.45, 7) is 5.22. The molecule has 0 aliphatic carbocycles. The molecule has 0 radical (unpaired) electrons. The SMILES string of the molecule is CC.COC(=O)/C(O)=C/C(C)=O. The van der Waals surface area contributed by atoms with Crippen molar-refractivity contribution in [1.82, 2.24) is 0 Å². The number of ketones is 1. The second-order valence-electron chi connectivity index (χ2n) is 1.63. The molecule has 0 bridgehead atoms. The first-order valence-corrected chi connectivity index (χ1v) is 3.57. The summed E-state index contributed by atoms with van der Waals surface area (Å²) >= 11 is 0. The number of allylic oxidation sites excluding steroid dienone is 1. The summed E-state index contributed by atoms with van der Waals surface area (Å²) < 4.78 is 4.10. The van der Waals surface area contributed by atoms with Crippen LogP contribution in [0.1, 0.15) is 20.8 Å². The maximum atomic E-state index is 10.4. The Hall–Kier alpha value is -1.32. The van der Waals surface area contributed by atoms with Gasteiger partial charge in [-0.2, -0.15) is 0 Å². The maximum Gasteiger partial charge on any atom is 0.373 e. The summed E-state index contributed by atoms with van der Waals surface area (Å²) in [7, 11) is 1.12. The number of carbonyl (C=O) groups is 2. The van der Waals surface area contributed by atoms with Crippen LogP contribution in [0.5, 0.6) is 0 Å². The minimum Gasteiger partial charge on any atom is -0.502 e. The Bertz CT molecular complexity index is 181. The van der Waals surface area contributed by atoms with E-state index < -0.39 is 17.5 Å². The van der Waals surface area contributed by atoms with Gasteiger partial charge in [0, 0.05) is 6.08 Å². The number of ether oxygens (including phenoxy) is 1. The molecule has 0 heterocycles. The highest BCUT2D eigenvalue weighted by atomic mass is 16.5. The maximum absolute atomic E-state index is 10.4. The van der Waals surface area contributed by atoms with Gasteiger partial charge in [0.25, 0.3) is 0 Å². The largest absolute Gasteiger partial charge is 0.502 e. The molecule has 0 atom stereocenters. The zero-order chi connectivity index (χ0) is 10.1. The Balaban J connectivity index is 0. The van der Waals surface area contributed by atoms with E-state index in [9.17, 15) is 9.59 Å². The van der Waals surface area contributed by atoms with Crippen molar-refractivity contribution in [2.45, 2.75) is 20.8 Å². The number of aliphatic hydroxyl groups is 1. The summed E-state index contributed by atoms with van der Waals surface area (Å²) in [5, 5.41) is 8.65. The molecule has 0 amide bonds. The molecule has 12 heavy (non-hydrogen) atoms. The lowest BCUT2D eigenvalue weighted by Gasteiger charge is -1.93. The highest BCUT2D eigenvalue weighted by molar-refractivity contribution is 5.96. The molecule has 0 saturated heterocycles. The third-order valence-electron chi connectivity index (χ3n) is 0.735. The molecule has 0 aromatic heterocycles. The van der Waals surface area contributed by atoms with E-state index in [1.807, 2.05) is 13.8 Å². The predicted molar refractivity (Wildman–Crippen MR) is 44.8 cm³/mol. The Morgan fingerprint density at radius 2 is 1.75 bits per heavy atom. The predicted octanol–water partition coefficient (Wildman–Crippen LogP) is 1.22. The second-order valence-corrected chi connectivity index (χ2v) is 1.63. The van der Waals surface area contributed by atoms with Crippen LogP contribution in [0.2, 0.25) is 0 Å². The first kappa shape index (κ1) is 13.3. The van der Waals surface area contributed by atoms with Crippen molar-refractivity contribution >= 4 is 11.8 Å². The third kappa shape index (κ3) is 6.80. The Labute approximate surface area is 71.8 Å². The average molecular weight is 174 g/mol. The zero-order valence-electron chi connectivity index (χ0n) is 7.75. The highest BCUT2D eigenvalue weighted by Crippen LogP contribution is 1.90. The topological polar surface area (TPSA) is 63.6 Å². The van der Waals surface area contributed by atoms with Gasteiger partial charge in [0.05, 0.1) is 7.11 Å². The second kappa shape index (κ2) is 7.78. The summed E-state index contributed by atoms with van der Waals surface area (Å²) in [5.41, 5.74) is 0. The van der Waals surface area contributed by atoms with Crippen molar-refractivity contribution < 1.29 is 19.4 Å². The summed E-state index contributed by atoms with van der Waals surface area (Å²) in [6.07, 6.45) is 0.797. The monoisotopic (exact) mass is 174 g/mol. The summed E-state index contributed by atoms with van der Waals surface area (Å²) in [5.74, 6) is -1.98. The standard InChI is InChI=1S/C6H8O4.C2H6/c1-4(7)3-5(8)6(9)10-2;1-2/h3,8H,1-2H3;1-2H3/b5-3-;. The number of carbonyl (C=O) groups excluding carboxylic acids is 2. The van der Waals surface area contributed by atoms with E-state index in [1.165, 1.54) is 6.92 Å². The number of esters is 1. The van der Waals surface area contributed by atoms with Crippen LogP contribution in [0.3, 0.4) is 0 Å². The molecule has 0 saturated carbocycles. The van der Waals surface area contributed by atoms with E-state index in [-0.39, 0.29) is 0 Å². The minimum atomic E-state index is -0.907. The van der Waals surface area contributed by atoms with Crippen LogP contribution in [0.25, 0.3) is 0 Å². The van der Waals surface area contributed by atoms with Gasteiger partial charge in [-0.15, -0.1) is 0 Å². The van der Waals surface area contributed by atoms with Gasteiger partial charge in [-0.05, 0) is 6.92 Å². The first-order valence-electron chi connectivity index (χ1n) is 3.57. The van der Waals surface area contributed by atoms with Gasteiger partial charge in [-0.25, -0.2) is 4.79 Å². The molecule has 1 N–H and O–H groups in total. The molecule has 70 valence electrons. The molecule has 0 aromatic rings. The van der Waals surface area contributed by atoms with E-state index in [1.54, 1.807) is 0 Å². The molecule has 0 aliphatic rings. The molecule has 0 rings (SSSR count). The smallest absolute Gasteiger partial charge is 0.373 e. The molecule has 0 fully saturated rings. The van der Waals surface area contributed by atoms with Crippen molar-refractivity contribution in [3.05, 3.63) is 11.8 Å². The molecular weight excluding hydrogens is 160 g/mol. The zero-order valence-corrected chi connectivity index (χ0v) is 7.75. The van der Waals surface area contributed by atoms with Crippen LogP contribution >= 0.6 is 0 Å². The fourth-order valence-corrected chi connectivity index (χ4v) is 0.356. The normalized spacial score (nSPS) is 9.50. The van der Waals surface area contributed by atoms with Crippen LogP contribution in [0.15, 0.2) is 11.8 Å². The van der Waals surface area contributed by atoms with Crippen molar-refractivity contribution in [3.8, 4) is 0 Å². The van der Waals surface area contributed by atoms with Gasteiger partial charge in [-0.3, -0.25) is 4.79 Å². The van der Waals surface area contributed by atoms with Crippen LogP contribution in [0.4, 0.5) is 0 Å². The van der Waals surface area contributed by atoms with E-state index in [0.717, 1.165) is 13.2 Å². The lowest BCUT2D eigenvalue weighted by Crippen LogP contribution is -2.05. The van der Waals surface area contributed by atoms with Crippen molar-refractivity contribution in [1.29, 1.82) is 0 Å². The quantitative estimate of drug-likeness (QED) is 0.388. The van der Waals surface area contributed by atoms with Crippen molar-refractivity contribution in [2.24, 2.45) is 0 Å². The number of aliphatic hydroxyl groups excluding tert-OH is 1. The highest BCUT2D eigenvalue weighted by Gasteiger charge is 2.06. The number of hydrogen-bond acceptors (Lipinski definition) is 4. The van der Waals surface area contributed by atoms with Gasteiger partial charge in [0.15, 0.2) is 5.78 Å². The Morgan fingerprint density at radius 1 is 1.33 bits per heavy atom. The number of hydrogen-bond donors (Lipinski definition) is 1. The number of rotatable bonds is 2. The van der Waals surface area contributed by atoms with Crippen LogP contribution in [0, 0.1) is 0 Å². The van der Waals surface area contributed by atoms with Gasteiger partial charge in [-0.1, -0.05) is 13.8 Å². The van der Waals surface area contributed by atoms with Crippen LogP contribution in [-0.4, -0.2) is 24.0 Å². The molecule has 0 spiro atoms. The fourth-order valence-electron chi connectivity index (χ4n) is 0.356. The van der Waals surface area contributed by atoms with Crippen molar-refractivity contribution in [3.63, 3.8) is 0 Å². The van der Waals surface area contributed by atoms with Gasteiger partial charge < -0.3 is 9.84 Å². The average Bonchev–Trinajstić information content (AvgIpc) is 2.05. The van der Waals surface area contributed by atoms with Crippen LogP contribution < -0.4 is 0 Å². The van der Waals surface area contributed by atoms with Gasteiger partial charge in [0.1, 0.15) is 0 Å². The van der Waals surface area contributed by atoms with Gasteiger partial charge >= 0.3 is 5.97 Å². The van der Waals surface area contributed by atoms with Crippen molar-refractivity contribution in [2.75, 3.05) is 7.11 Å². The minimum absolute atomic E-state index is 0.400. The van der Waals surface area contributed by atoms with E-state index in [2.05, 4.69) is 4.74 Å². The lowest BCUT2D eigenvalue weighted by molar-refractivity contribution is -0.139. The molecular formula is C8H14O4. The Kier molecular flexibility index (Phi) is 8.62. The third-order valence-corrected chi connectivity index (χ3v) is 0.735. The van der Waals surface area contributed by atoms with Crippen LogP contribution in [-0.2, 0) is 14.3 Å². The molecule has 0 aliphatic heterocycles. The molecule has 0 unspecified atom stereocenters.